The minimum Gasteiger partial charge on any atom is -0.342 e. The van der Waals surface area contributed by atoms with Gasteiger partial charge < -0.3 is 4.98 Å². The molecule has 4 aromatic rings. The van der Waals surface area contributed by atoms with E-state index in [9.17, 15) is 4.39 Å². The number of anilines is 1. The van der Waals surface area contributed by atoms with Gasteiger partial charge in [-0.1, -0.05) is 42.5 Å². The normalized spacial score (nSPS) is 11.7. The van der Waals surface area contributed by atoms with E-state index < -0.39 is 0 Å². The van der Waals surface area contributed by atoms with Gasteiger partial charge >= 0.3 is 0 Å². The van der Waals surface area contributed by atoms with E-state index in [1.54, 1.807) is 12.1 Å². The molecular weight excluding hydrogens is 327 g/mol. The lowest BCUT2D eigenvalue weighted by Gasteiger charge is -2.07. The molecule has 0 atom stereocenters. The predicted molar refractivity (Wildman–Crippen MR) is 103 cm³/mol. The van der Waals surface area contributed by atoms with Crippen molar-refractivity contribution in [3.63, 3.8) is 0 Å². The zero-order chi connectivity index (χ0) is 17.8. The molecular formula is C21H17FN4. The standard InChI is InChI=1S/C21H17FN4/c22-16-10-12-17(13-11-16)25-26-20(15-6-2-1-3-7-15)14-21-23-18-8-4-5-9-19(18)24-21/h1-13,25H,14H2,(H,23,24). The summed E-state index contributed by atoms with van der Waals surface area (Å²) in [5.74, 6) is 0.569. The molecule has 2 N–H and O–H groups in total. The number of hydrogen-bond acceptors (Lipinski definition) is 3. The topological polar surface area (TPSA) is 53.1 Å². The van der Waals surface area contributed by atoms with E-state index in [0.29, 0.717) is 6.42 Å². The lowest BCUT2D eigenvalue weighted by molar-refractivity contribution is 0.628. The fraction of sp³-hybridized carbons (Fsp3) is 0.0476. The third kappa shape index (κ3) is 3.62. The second kappa shape index (κ2) is 7.19. The molecule has 0 aliphatic carbocycles. The summed E-state index contributed by atoms with van der Waals surface area (Å²) in [5, 5.41) is 4.54. The second-order valence-electron chi connectivity index (χ2n) is 5.92. The quantitative estimate of drug-likeness (QED) is 0.405. The number of benzene rings is 3. The first kappa shape index (κ1) is 16.0. The van der Waals surface area contributed by atoms with Crippen LogP contribution in [0.3, 0.4) is 0 Å². The Morgan fingerprint density at radius 3 is 2.42 bits per heavy atom. The van der Waals surface area contributed by atoms with E-state index in [0.717, 1.165) is 33.8 Å². The molecule has 0 bridgehead atoms. The van der Waals surface area contributed by atoms with Gasteiger partial charge in [0.15, 0.2) is 0 Å². The molecule has 0 fully saturated rings. The average molecular weight is 344 g/mol. The van der Waals surface area contributed by atoms with Crippen molar-refractivity contribution in [3.05, 3.63) is 96.1 Å². The highest BCUT2D eigenvalue weighted by atomic mass is 19.1. The molecule has 3 aromatic carbocycles. The van der Waals surface area contributed by atoms with Crippen LogP contribution in [0.2, 0.25) is 0 Å². The number of aromatic nitrogens is 2. The minimum atomic E-state index is -0.273. The Bertz CT molecular complexity index is 1000. The smallest absolute Gasteiger partial charge is 0.123 e. The summed E-state index contributed by atoms with van der Waals surface area (Å²) >= 11 is 0. The monoisotopic (exact) mass is 344 g/mol. The molecule has 1 heterocycles. The molecule has 128 valence electrons. The Labute approximate surface area is 150 Å². The van der Waals surface area contributed by atoms with E-state index in [-0.39, 0.29) is 5.82 Å². The van der Waals surface area contributed by atoms with Crippen molar-refractivity contribution in [1.82, 2.24) is 9.97 Å². The zero-order valence-corrected chi connectivity index (χ0v) is 14.0. The molecule has 0 saturated heterocycles. The van der Waals surface area contributed by atoms with Gasteiger partial charge in [0.2, 0.25) is 0 Å². The summed E-state index contributed by atoms with van der Waals surface area (Å²) in [6.45, 7) is 0. The molecule has 0 radical (unpaired) electrons. The van der Waals surface area contributed by atoms with Crippen molar-refractivity contribution in [2.45, 2.75) is 6.42 Å². The number of hydrogen-bond donors (Lipinski definition) is 2. The molecule has 26 heavy (non-hydrogen) atoms. The van der Waals surface area contributed by atoms with E-state index in [4.69, 9.17) is 0 Å². The Morgan fingerprint density at radius 1 is 0.923 bits per heavy atom. The summed E-state index contributed by atoms with van der Waals surface area (Å²) in [7, 11) is 0. The Kier molecular flexibility index (Phi) is 4.43. The number of H-pyrrole nitrogens is 1. The van der Waals surface area contributed by atoms with Gasteiger partial charge in [-0.3, -0.25) is 5.43 Å². The summed E-state index contributed by atoms with van der Waals surface area (Å²) in [6, 6.07) is 24.0. The first-order chi connectivity index (χ1) is 12.8. The molecule has 0 amide bonds. The maximum Gasteiger partial charge on any atom is 0.123 e. The number of imidazole rings is 1. The van der Waals surface area contributed by atoms with E-state index >= 15 is 0 Å². The van der Waals surface area contributed by atoms with Crippen LogP contribution in [0.4, 0.5) is 10.1 Å². The fourth-order valence-corrected chi connectivity index (χ4v) is 2.74. The molecule has 1 aromatic heterocycles. The van der Waals surface area contributed by atoms with Gasteiger partial charge in [-0.25, -0.2) is 9.37 Å². The Morgan fingerprint density at radius 2 is 1.65 bits per heavy atom. The number of halogens is 1. The highest BCUT2D eigenvalue weighted by Crippen LogP contribution is 2.14. The Hall–Kier alpha value is -3.47. The van der Waals surface area contributed by atoms with E-state index in [1.807, 2.05) is 54.6 Å². The average Bonchev–Trinajstić information content (AvgIpc) is 3.09. The molecule has 0 saturated carbocycles. The Balaban J connectivity index is 1.64. The number of fused-ring (bicyclic) bond motifs is 1. The SMILES string of the molecule is Fc1ccc(NN=C(Cc2nc3ccccc3[nH]2)c2ccccc2)cc1. The highest BCUT2D eigenvalue weighted by Gasteiger charge is 2.09. The molecule has 0 aliphatic heterocycles. The zero-order valence-electron chi connectivity index (χ0n) is 14.0. The largest absolute Gasteiger partial charge is 0.342 e. The molecule has 4 nitrogen and oxygen atoms in total. The third-order valence-corrected chi connectivity index (χ3v) is 4.04. The van der Waals surface area contributed by atoms with Gasteiger partial charge in [0.25, 0.3) is 0 Å². The number of nitrogens with one attached hydrogen (secondary N) is 2. The van der Waals surface area contributed by atoms with Gasteiger partial charge in [-0.05, 0) is 42.0 Å². The van der Waals surface area contributed by atoms with E-state index in [1.165, 1.54) is 12.1 Å². The van der Waals surface area contributed by atoms with Crippen LogP contribution < -0.4 is 5.43 Å². The maximum atomic E-state index is 13.1. The van der Waals surface area contributed by atoms with Crippen molar-refractivity contribution >= 4 is 22.4 Å². The van der Waals surface area contributed by atoms with Crippen LogP contribution in [0.1, 0.15) is 11.4 Å². The molecule has 0 unspecified atom stereocenters. The number of nitrogens with zero attached hydrogens (tertiary/aromatic N) is 2. The van der Waals surface area contributed by atoms with Crippen LogP contribution in [-0.2, 0) is 6.42 Å². The van der Waals surface area contributed by atoms with Gasteiger partial charge in [-0.2, -0.15) is 5.10 Å². The number of para-hydroxylation sites is 2. The summed E-state index contributed by atoms with van der Waals surface area (Å²) in [6.07, 6.45) is 0.549. The fourth-order valence-electron chi connectivity index (χ4n) is 2.74. The molecule has 5 heteroatoms. The first-order valence-electron chi connectivity index (χ1n) is 8.35. The lowest BCUT2D eigenvalue weighted by Crippen LogP contribution is -2.09. The van der Waals surface area contributed by atoms with Crippen LogP contribution in [0, 0.1) is 5.82 Å². The van der Waals surface area contributed by atoms with Gasteiger partial charge in [0.1, 0.15) is 11.6 Å². The summed E-state index contributed by atoms with van der Waals surface area (Å²) < 4.78 is 13.1. The lowest BCUT2D eigenvalue weighted by atomic mass is 10.1. The van der Waals surface area contributed by atoms with Crippen LogP contribution >= 0.6 is 0 Å². The van der Waals surface area contributed by atoms with Gasteiger partial charge in [0.05, 0.1) is 28.9 Å². The van der Waals surface area contributed by atoms with Crippen LogP contribution in [0.5, 0.6) is 0 Å². The van der Waals surface area contributed by atoms with Crippen LogP contribution in [0.25, 0.3) is 11.0 Å². The maximum absolute atomic E-state index is 13.1. The molecule has 4 rings (SSSR count). The number of hydrazone groups is 1. The van der Waals surface area contributed by atoms with E-state index in [2.05, 4.69) is 20.5 Å². The second-order valence-corrected chi connectivity index (χ2v) is 5.92. The minimum absolute atomic E-state index is 0.273. The first-order valence-corrected chi connectivity index (χ1v) is 8.35. The highest BCUT2D eigenvalue weighted by molar-refractivity contribution is 6.02. The predicted octanol–water partition coefficient (Wildman–Crippen LogP) is 4.76. The summed E-state index contributed by atoms with van der Waals surface area (Å²) in [5.41, 5.74) is 7.51. The molecule has 0 aliphatic rings. The van der Waals surface area contributed by atoms with Gasteiger partial charge in [-0.15, -0.1) is 0 Å². The molecule has 0 spiro atoms. The van der Waals surface area contributed by atoms with Crippen LogP contribution in [-0.4, -0.2) is 15.7 Å². The van der Waals surface area contributed by atoms with Crippen molar-refractivity contribution in [2.24, 2.45) is 5.10 Å². The van der Waals surface area contributed by atoms with Crippen LogP contribution in [0.15, 0.2) is 84.0 Å². The number of rotatable bonds is 5. The van der Waals surface area contributed by atoms with Gasteiger partial charge in [0, 0.05) is 0 Å². The summed E-state index contributed by atoms with van der Waals surface area (Å²) in [4.78, 5) is 7.96. The number of aromatic amines is 1. The van der Waals surface area contributed by atoms with Crippen molar-refractivity contribution in [3.8, 4) is 0 Å². The van der Waals surface area contributed by atoms with Crippen molar-refractivity contribution < 1.29 is 4.39 Å². The van der Waals surface area contributed by atoms with Crippen molar-refractivity contribution in [1.29, 1.82) is 0 Å². The van der Waals surface area contributed by atoms with Crippen molar-refractivity contribution in [2.75, 3.05) is 5.43 Å². The third-order valence-electron chi connectivity index (χ3n) is 4.04.